The number of ketones is 1. The molecule has 0 atom stereocenters. The van der Waals surface area contributed by atoms with Gasteiger partial charge in [0.1, 0.15) is 5.75 Å². The van der Waals surface area contributed by atoms with Crippen LogP contribution in [0.4, 0.5) is 0 Å². The summed E-state index contributed by atoms with van der Waals surface area (Å²) in [6.07, 6.45) is 9.13. The van der Waals surface area contributed by atoms with E-state index >= 15 is 0 Å². The van der Waals surface area contributed by atoms with Gasteiger partial charge in [-0.2, -0.15) is 0 Å². The van der Waals surface area contributed by atoms with Crippen molar-refractivity contribution in [2.45, 2.75) is 39.0 Å². The van der Waals surface area contributed by atoms with Crippen LogP contribution in [0.5, 0.6) is 5.75 Å². The Kier molecular flexibility index (Phi) is 7.80. The Hall–Kier alpha value is -2.46. The molecule has 0 saturated carbocycles. The third-order valence-electron chi connectivity index (χ3n) is 5.10. The van der Waals surface area contributed by atoms with Gasteiger partial charge in [0.15, 0.2) is 5.78 Å². The zero-order chi connectivity index (χ0) is 19.6. The number of carbonyl (C=O) groups is 1. The smallest absolute Gasteiger partial charge is 0.163 e. The van der Waals surface area contributed by atoms with Crippen molar-refractivity contribution < 1.29 is 9.53 Å². The minimum Gasteiger partial charge on any atom is -0.494 e. The molecule has 0 aliphatic carbocycles. The highest BCUT2D eigenvalue weighted by atomic mass is 16.5. The normalized spacial score (nSPS) is 15.4. The molecule has 148 valence electrons. The Morgan fingerprint density at radius 3 is 2.57 bits per heavy atom. The molecule has 0 spiro atoms. The lowest BCUT2D eigenvalue weighted by Crippen LogP contribution is -2.31. The lowest BCUT2D eigenvalue weighted by molar-refractivity contribution is -0.113. The Balaban J connectivity index is 1.58. The number of ether oxygens (including phenoxy) is 1. The van der Waals surface area contributed by atoms with E-state index in [1.165, 1.54) is 32.4 Å². The van der Waals surface area contributed by atoms with Gasteiger partial charge in [-0.25, -0.2) is 0 Å². The molecule has 3 rings (SSSR count). The van der Waals surface area contributed by atoms with E-state index in [2.05, 4.69) is 9.88 Å². The zero-order valence-electron chi connectivity index (χ0n) is 16.8. The van der Waals surface area contributed by atoms with Gasteiger partial charge in [-0.05, 0) is 68.3 Å². The molecule has 4 nitrogen and oxygen atoms in total. The van der Waals surface area contributed by atoms with Crippen molar-refractivity contribution in [2.75, 3.05) is 26.2 Å². The summed E-state index contributed by atoms with van der Waals surface area (Å²) in [5, 5.41) is 0. The number of piperidine rings is 1. The summed E-state index contributed by atoms with van der Waals surface area (Å²) in [6.45, 7) is 6.17. The largest absolute Gasteiger partial charge is 0.494 e. The van der Waals surface area contributed by atoms with E-state index in [0.717, 1.165) is 36.6 Å². The van der Waals surface area contributed by atoms with Gasteiger partial charge in [0, 0.05) is 24.7 Å². The minimum atomic E-state index is 0.112. The first-order chi connectivity index (χ1) is 13.8. The fraction of sp³-hybridized carbons (Fsp3) is 0.417. The van der Waals surface area contributed by atoms with Crippen LogP contribution in [0.15, 0.2) is 48.7 Å². The fourth-order valence-corrected chi connectivity index (χ4v) is 3.52. The first-order valence-corrected chi connectivity index (χ1v) is 10.4. The molecule has 1 aliphatic heterocycles. The van der Waals surface area contributed by atoms with Crippen molar-refractivity contribution in [3.63, 3.8) is 0 Å². The molecule has 2 aromatic rings. The molecule has 1 aliphatic rings. The number of likely N-dealkylation sites (tertiary alicyclic amines) is 1. The summed E-state index contributed by atoms with van der Waals surface area (Å²) in [5.41, 5.74) is 2.38. The number of pyridine rings is 1. The van der Waals surface area contributed by atoms with Gasteiger partial charge in [-0.15, -0.1) is 0 Å². The zero-order valence-corrected chi connectivity index (χ0v) is 16.8. The molecule has 0 bridgehead atoms. The van der Waals surface area contributed by atoms with Crippen LogP contribution in [0.25, 0.3) is 11.6 Å². The Morgan fingerprint density at radius 1 is 1.11 bits per heavy atom. The maximum absolute atomic E-state index is 12.4. The lowest BCUT2D eigenvalue weighted by atomic mass is 9.99. The van der Waals surface area contributed by atoms with E-state index in [-0.39, 0.29) is 5.78 Å². The van der Waals surface area contributed by atoms with Crippen molar-refractivity contribution in [2.24, 2.45) is 0 Å². The lowest BCUT2D eigenvalue weighted by Gasteiger charge is -2.26. The number of allylic oxidation sites excluding steroid dienone is 1. The average molecular weight is 379 g/mol. The molecule has 1 aromatic heterocycles. The molecular formula is C24H30N2O2. The second-order valence-electron chi connectivity index (χ2n) is 7.22. The monoisotopic (exact) mass is 378 g/mol. The van der Waals surface area contributed by atoms with E-state index in [1.807, 2.05) is 55.5 Å². The molecule has 0 radical (unpaired) electrons. The molecule has 1 fully saturated rings. The van der Waals surface area contributed by atoms with Crippen molar-refractivity contribution in [3.05, 3.63) is 59.9 Å². The number of hydrogen-bond acceptors (Lipinski definition) is 4. The van der Waals surface area contributed by atoms with Gasteiger partial charge >= 0.3 is 0 Å². The van der Waals surface area contributed by atoms with Crippen molar-refractivity contribution in [1.29, 1.82) is 0 Å². The van der Waals surface area contributed by atoms with Gasteiger partial charge in [-0.1, -0.05) is 31.5 Å². The van der Waals surface area contributed by atoms with Crippen LogP contribution in [0.1, 0.15) is 50.3 Å². The molecule has 2 heterocycles. The second kappa shape index (κ2) is 10.8. The van der Waals surface area contributed by atoms with Crippen LogP contribution in [0, 0.1) is 0 Å². The highest BCUT2D eigenvalue weighted by Crippen LogP contribution is 2.23. The van der Waals surface area contributed by atoms with Gasteiger partial charge in [0.2, 0.25) is 0 Å². The van der Waals surface area contributed by atoms with E-state index in [1.54, 1.807) is 6.20 Å². The van der Waals surface area contributed by atoms with Crippen LogP contribution < -0.4 is 4.74 Å². The van der Waals surface area contributed by atoms with Gasteiger partial charge in [0.25, 0.3) is 0 Å². The average Bonchev–Trinajstić information content (AvgIpc) is 2.76. The maximum atomic E-state index is 12.4. The predicted octanol–water partition coefficient (Wildman–Crippen LogP) is 4.86. The summed E-state index contributed by atoms with van der Waals surface area (Å²) < 4.78 is 5.89. The van der Waals surface area contributed by atoms with Crippen LogP contribution in [0.3, 0.4) is 0 Å². The third kappa shape index (κ3) is 6.03. The van der Waals surface area contributed by atoms with Crippen LogP contribution in [0.2, 0.25) is 0 Å². The van der Waals surface area contributed by atoms with E-state index in [9.17, 15) is 4.79 Å². The molecule has 0 amide bonds. The molecule has 0 N–H and O–H groups in total. The predicted molar refractivity (Wildman–Crippen MR) is 114 cm³/mol. The first kappa shape index (κ1) is 20.3. The highest BCUT2D eigenvalue weighted by Gasteiger charge is 2.11. The summed E-state index contributed by atoms with van der Waals surface area (Å²) in [4.78, 5) is 19.3. The summed E-state index contributed by atoms with van der Waals surface area (Å²) in [7, 11) is 0. The van der Waals surface area contributed by atoms with E-state index in [0.29, 0.717) is 12.0 Å². The number of hydrogen-bond donors (Lipinski definition) is 0. The topological polar surface area (TPSA) is 42.4 Å². The van der Waals surface area contributed by atoms with Crippen molar-refractivity contribution in [1.82, 2.24) is 9.88 Å². The minimum absolute atomic E-state index is 0.112. The molecule has 0 unspecified atom stereocenters. The first-order valence-electron chi connectivity index (χ1n) is 10.4. The van der Waals surface area contributed by atoms with Gasteiger partial charge < -0.3 is 9.64 Å². The van der Waals surface area contributed by atoms with Crippen molar-refractivity contribution >= 4 is 17.4 Å². The number of Topliss-reactive ketones (excluding diaryl/α,β-unsaturated/α-hetero) is 1. The summed E-state index contributed by atoms with van der Waals surface area (Å²) in [5.74, 6) is 0.962. The molecule has 4 heteroatoms. The Morgan fingerprint density at radius 2 is 1.89 bits per heavy atom. The summed E-state index contributed by atoms with van der Waals surface area (Å²) >= 11 is 0. The van der Waals surface area contributed by atoms with E-state index in [4.69, 9.17) is 4.74 Å². The Bertz CT molecular complexity index is 763. The van der Waals surface area contributed by atoms with Gasteiger partial charge in [-0.3, -0.25) is 9.78 Å². The summed E-state index contributed by atoms with van der Waals surface area (Å²) in [6, 6.07) is 13.5. The number of rotatable bonds is 9. The molecule has 1 saturated heterocycles. The highest BCUT2D eigenvalue weighted by molar-refractivity contribution is 6.25. The van der Waals surface area contributed by atoms with Crippen molar-refractivity contribution in [3.8, 4) is 5.75 Å². The number of carbonyl (C=O) groups excluding carboxylic acids is 1. The Labute approximate surface area is 168 Å². The second-order valence-corrected chi connectivity index (χ2v) is 7.22. The molecular weight excluding hydrogens is 348 g/mol. The van der Waals surface area contributed by atoms with Gasteiger partial charge in [0.05, 0.1) is 12.3 Å². The third-order valence-corrected chi connectivity index (χ3v) is 5.10. The number of aromatic nitrogens is 1. The van der Waals surface area contributed by atoms with Crippen LogP contribution >= 0.6 is 0 Å². The SMILES string of the molecule is CCC(=O)/C(=C\c1ccccn1)c1ccc(OCCCN2CCCCC2)cc1. The number of nitrogens with zero attached hydrogens (tertiary/aromatic N) is 2. The molecule has 28 heavy (non-hydrogen) atoms. The maximum Gasteiger partial charge on any atom is 0.163 e. The van der Waals surface area contributed by atoms with E-state index < -0.39 is 0 Å². The van der Waals surface area contributed by atoms with Crippen LogP contribution in [-0.2, 0) is 4.79 Å². The van der Waals surface area contributed by atoms with Crippen LogP contribution in [-0.4, -0.2) is 41.9 Å². The fourth-order valence-electron chi connectivity index (χ4n) is 3.52. The number of benzene rings is 1. The molecule has 1 aromatic carbocycles. The quantitative estimate of drug-likeness (QED) is 0.462. The standard InChI is InChI=1S/C24H30N2O2/c1-2-24(27)23(19-21-9-4-5-14-25-21)20-10-12-22(13-11-20)28-18-8-17-26-15-6-3-7-16-26/h4-5,9-14,19H,2-3,6-8,15-18H2,1H3/b23-19-.